The Balaban J connectivity index is 1.18. The highest BCUT2D eigenvalue weighted by Gasteiger charge is 2.38. The normalized spacial score (nSPS) is 19.0. The lowest BCUT2D eigenvalue weighted by Gasteiger charge is -2.32. The Kier molecular flexibility index (Phi) is 6.24. The van der Waals surface area contributed by atoms with Crippen LogP contribution in [0.15, 0.2) is 53.1 Å². The molecular formula is C25H25ClN4O4. The first kappa shape index (κ1) is 22.4. The predicted octanol–water partition coefficient (Wildman–Crippen LogP) is 4.16. The van der Waals surface area contributed by atoms with Crippen LogP contribution in [0, 0.1) is 5.92 Å². The molecule has 0 bridgehead atoms. The monoisotopic (exact) mass is 480 g/mol. The molecule has 2 fully saturated rings. The fourth-order valence-electron chi connectivity index (χ4n) is 4.61. The van der Waals surface area contributed by atoms with Crippen molar-refractivity contribution in [2.45, 2.75) is 25.2 Å². The molecule has 8 nitrogen and oxygen atoms in total. The van der Waals surface area contributed by atoms with Gasteiger partial charge in [-0.05, 0) is 61.4 Å². The number of hydrogen-bond donors (Lipinski definition) is 0. The van der Waals surface area contributed by atoms with Crippen LogP contribution in [0.4, 0.5) is 5.69 Å². The Morgan fingerprint density at radius 1 is 1.09 bits per heavy atom. The van der Waals surface area contributed by atoms with Crippen LogP contribution in [0.2, 0.25) is 5.02 Å². The molecule has 1 atom stereocenters. The molecule has 0 saturated carbocycles. The summed E-state index contributed by atoms with van der Waals surface area (Å²) in [6, 6.07) is 14.6. The van der Waals surface area contributed by atoms with E-state index in [4.69, 9.17) is 20.9 Å². The van der Waals surface area contributed by atoms with E-state index in [1.807, 2.05) is 41.3 Å². The smallest absolute Gasteiger partial charge is 0.257 e. The number of carbonyl (C=O) groups is 2. The van der Waals surface area contributed by atoms with Crippen LogP contribution in [0.1, 0.15) is 31.0 Å². The van der Waals surface area contributed by atoms with E-state index in [2.05, 4.69) is 10.1 Å². The summed E-state index contributed by atoms with van der Waals surface area (Å²) in [6.45, 7) is 1.63. The van der Waals surface area contributed by atoms with Crippen molar-refractivity contribution >= 4 is 29.1 Å². The Labute approximate surface area is 202 Å². The first-order chi connectivity index (χ1) is 16.5. The number of benzene rings is 2. The number of hydrogen-bond acceptors (Lipinski definition) is 6. The molecule has 0 aliphatic carbocycles. The van der Waals surface area contributed by atoms with Gasteiger partial charge in [-0.15, -0.1) is 0 Å². The first-order valence-corrected chi connectivity index (χ1v) is 11.7. The number of carbonyl (C=O) groups excluding carboxylic acids is 2. The molecule has 1 aromatic heterocycles. The summed E-state index contributed by atoms with van der Waals surface area (Å²) in [5.41, 5.74) is 1.61. The van der Waals surface area contributed by atoms with Crippen molar-refractivity contribution in [1.82, 2.24) is 15.0 Å². The van der Waals surface area contributed by atoms with Gasteiger partial charge in [0.25, 0.3) is 5.89 Å². The van der Waals surface area contributed by atoms with Crippen LogP contribution in [-0.2, 0) is 9.59 Å². The molecule has 2 aliphatic heterocycles. The summed E-state index contributed by atoms with van der Waals surface area (Å²) in [4.78, 5) is 33.9. The lowest BCUT2D eigenvalue weighted by Crippen LogP contribution is -2.42. The van der Waals surface area contributed by atoms with Crippen molar-refractivity contribution in [2.24, 2.45) is 5.92 Å². The highest BCUT2D eigenvalue weighted by atomic mass is 35.5. The molecule has 0 N–H and O–H groups in total. The minimum atomic E-state index is -0.326. The molecule has 9 heteroatoms. The molecule has 0 radical (unpaired) electrons. The van der Waals surface area contributed by atoms with Gasteiger partial charge in [0.2, 0.25) is 11.8 Å². The number of anilines is 1. The van der Waals surface area contributed by atoms with E-state index in [0.29, 0.717) is 36.4 Å². The van der Waals surface area contributed by atoms with E-state index in [-0.39, 0.29) is 30.1 Å². The lowest BCUT2D eigenvalue weighted by atomic mass is 9.95. The van der Waals surface area contributed by atoms with Crippen molar-refractivity contribution in [1.29, 1.82) is 0 Å². The fourth-order valence-corrected chi connectivity index (χ4v) is 4.74. The number of ether oxygens (including phenoxy) is 1. The molecular weight excluding hydrogens is 456 g/mol. The van der Waals surface area contributed by atoms with Gasteiger partial charge < -0.3 is 19.1 Å². The van der Waals surface area contributed by atoms with E-state index in [9.17, 15) is 9.59 Å². The van der Waals surface area contributed by atoms with Crippen LogP contribution in [0.25, 0.3) is 11.5 Å². The quantitative estimate of drug-likeness (QED) is 0.545. The van der Waals surface area contributed by atoms with Gasteiger partial charge in [0.05, 0.1) is 13.0 Å². The number of methoxy groups -OCH3 is 1. The Bertz CT molecular complexity index is 1170. The SMILES string of the molecule is COc1ccc(N2C[C@H](C(=O)N3CCC(c4noc(-c5ccc(Cl)cc5)n4)CC3)CC2=O)cc1. The summed E-state index contributed by atoms with van der Waals surface area (Å²) in [5.74, 6) is 1.68. The molecule has 5 rings (SSSR count). The van der Waals surface area contributed by atoms with Gasteiger partial charge >= 0.3 is 0 Å². The molecule has 0 unspecified atom stereocenters. The second-order valence-corrected chi connectivity index (χ2v) is 9.10. The molecule has 3 heterocycles. The second-order valence-electron chi connectivity index (χ2n) is 8.67. The molecule has 2 saturated heterocycles. The maximum absolute atomic E-state index is 13.1. The minimum Gasteiger partial charge on any atom is -0.497 e. The third kappa shape index (κ3) is 4.50. The van der Waals surface area contributed by atoms with Gasteiger partial charge in [-0.1, -0.05) is 16.8 Å². The number of likely N-dealkylation sites (tertiary alicyclic amines) is 1. The van der Waals surface area contributed by atoms with Gasteiger partial charge in [-0.25, -0.2) is 0 Å². The summed E-state index contributed by atoms with van der Waals surface area (Å²) >= 11 is 5.95. The third-order valence-corrected chi connectivity index (χ3v) is 6.82. The topological polar surface area (TPSA) is 88.8 Å². The van der Waals surface area contributed by atoms with Gasteiger partial charge in [0.15, 0.2) is 5.82 Å². The number of piperidine rings is 1. The van der Waals surface area contributed by atoms with Crippen molar-refractivity contribution < 1.29 is 18.8 Å². The van der Waals surface area contributed by atoms with Crippen molar-refractivity contribution in [3.05, 3.63) is 59.4 Å². The highest BCUT2D eigenvalue weighted by molar-refractivity contribution is 6.30. The van der Waals surface area contributed by atoms with Gasteiger partial charge in [-0.3, -0.25) is 9.59 Å². The van der Waals surface area contributed by atoms with Crippen LogP contribution < -0.4 is 9.64 Å². The Morgan fingerprint density at radius 2 is 1.79 bits per heavy atom. The molecule has 2 aliphatic rings. The molecule has 2 amide bonds. The molecule has 0 spiro atoms. The number of rotatable bonds is 5. The van der Waals surface area contributed by atoms with Gasteiger partial charge in [0, 0.05) is 48.2 Å². The predicted molar refractivity (Wildman–Crippen MR) is 127 cm³/mol. The molecule has 3 aromatic rings. The summed E-state index contributed by atoms with van der Waals surface area (Å²) in [6.07, 6.45) is 1.75. The summed E-state index contributed by atoms with van der Waals surface area (Å²) in [5, 5.41) is 4.82. The van der Waals surface area contributed by atoms with Crippen molar-refractivity contribution in [3.63, 3.8) is 0 Å². The van der Waals surface area contributed by atoms with Crippen LogP contribution in [-0.4, -0.2) is 53.6 Å². The van der Waals surface area contributed by atoms with E-state index < -0.39 is 0 Å². The Morgan fingerprint density at radius 3 is 2.47 bits per heavy atom. The Hall–Kier alpha value is -3.39. The van der Waals surface area contributed by atoms with Crippen LogP contribution in [0.3, 0.4) is 0 Å². The van der Waals surface area contributed by atoms with Crippen LogP contribution in [0.5, 0.6) is 5.75 Å². The van der Waals surface area contributed by atoms with Crippen molar-refractivity contribution in [3.8, 4) is 17.2 Å². The second kappa shape index (κ2) is 9.46. The standard InChI is InChI=1S/C25H25ClN4O4/c1-33-21-8-6-20(7-9-21)30-15-18(14-22(30)31)25(32)29-12-10-16(11-13-29)23-27-24(34-28-23)17-2-4-19(26)5-3-17/h2-9,16,18H,10-15H2,1H3/t18-/m1/s1. The van der Waals surface area contributed by atoms with E-state index >= 15 is 0 Å². The number of halogens is 1. The van der Waals surface area contributed by atoms with Gasteiger partial charge in [-0.2, -0.15) is 4.98 Å². The lowest BCUT2D eigenvalue weighted by molar-refractivity contribution is -0.136. The third-order valence-electron chi connectivity index (χ3n) is 6.56. The summed E-state index contributed by atoms with van der Waals surface area (Å²) in [7, 11) is 1.60. The average Bonchev–Trinajstić information content (AvgIpc) is 3.52. The minimum absolute atomic E-state index is 0.0278. The van der Waals surface area contributed by atoms with Crippen LogP contribution >= 0.6 is 11.6 Å². The number of amides is 2. The van der Waals surface area contributed by atoms with E-state index in [0.717, 1.165) is 29.8 Å². The molecule has 2 aromatic carbocycles. The van der Waals surface area contributed by atoms with Crippen molar-refractivity contribution in [2.75, 3.05) is 31.6 Å². The highest BCUT2D eigenvalue weighted by Crippen LogP contribution is 2.32. The largest absolute Gasteiger partial charge is 0.497 e. The summed E-state index contributed by atoms with van der Waals surface area (Å²) < 4.78 is 10.6. The molecule has 34 heavy (non-hydrogen) atoms. The average molecular weight is 481 g/mol. The maximum atomic E-state index is 13.1. The fraction of sp³-hybridized carbons (Fsp3) is 0.360. The number of aromatic nitrogens is 2. The zero-order chi connectivity index (χ0) is 23.7. The molecule has 176 valence electrons. The van der Waals surface area contributed by atoms with Gasteiger partial charge in [0.1, 0.15) is 5.75 Å². The van der Waals surface area contributed by atoms with E-state index in [1.165, 1.54) is 0 Å². The first-order valence-electron chi connectivity index (χ1n) is 11.3. The zero-order valence-electron chi connectivity index (χ0n) is 18.8. The zero-order valence-corrected chi connectivity index (χ0v) is 19.6. The maximum Gasteiger partial charge on any atom is 0.257 e. The number of nitrogens with zero attached hydrogens (tertiary/aromatic N) is 4. The van der Waals surface area contributed by atoms with E-state index in [1.54, 1.807) is 24.1 Å².